The summed E-state index contributed by atoms with van der Waals surface area (Å²) >= 11 is 0. The fourth-order valence-corrected chi connectivity index (χ4v) is 1.30. The molecule has 0 amide bonds. The molecule has 0 aliphatic heterocycles. The van der Waals surface area contributed by atoms with E-state index in [1.807, 2.05) is 6.92 Å². The Morgan fingerprint density at radius 2 is 1.85 bits per heavy atom. The normalized spacial score (nSPS) is 14.5. The quantitative estimate of drug-likeness (QED) is 0.695. The highest BCUT2D eigenvalue weighted by Crippen LogP contribution is 2.27. The molecule has 1 nitrogen and oxygen atoms in total. The standard InChI is InChI=1S/C9H17F3O/c1-2-8(4-3-7-13)5-6-9(10,11)12/h8,13H,2-7H2,1H3. The summed E-state index contributed by atoms with van der Waals surface area (Å²) in [5.74, 6) is 0.105. The zero-order valence-electron chi connectivity index (χ0n) is 7.90. The van der Waals surface area contributed by atoms with Gasteiger partial charge in [-0.25, -0.2) is 0 Å². The van der Waals surface area contributed by atoms with Crippen molar-refractivity contribution < 1.29 is 18.3 Å². The molecule has 0 aromatic carbocycles. The summed E-state index contributed by atoms with van der Waals surface area (Å²) in [5, 5.41) is 8.52. The van der Waals surface area contributed by atoms with Crippen molar-refractivity contribution in [1.82, 2.24) is 0 Å². The summed E-state index contributed by atoms with van der Waals surface area (Å²) in [5.41, 5.74) is 0. The van der Waals surface area contributed by atoms with Gasteiger partial charge in [-0.1, -0.05) is 13.3 Å². The molecule has 0 bridgehead atoms. The molecule has 4 heteroatoms. The molecule has 1 N–H and O–H groups in total. The third-order valence-corrected chi connectivity index (χ3v) is 2.18. The molecule has 1 unspecified atom stereocenters. The zero-order chi connectivity index (χ0) is 10.3. The molecule has 1 atom stereocenters. The average molecular weight is 198 g/mol. The molecule has 0 heterocycles. The Morgan fingerprint density at radius 1 is 1.23 bits per heavy atom. The maximum Gasteiger partial charge on any atom is 0.389 e. The molecule has 0 rings (SSSR count). The Labute approximate surface area is 76.9 Å². The minimum Gasteiger partial charge on any atom is -0.396 e. The summed E-state index contributed by atoms with van der Waals surface area (Å²) in [6, 6.07) is 0. The van der Waals surface area contributed by atoms with Crippen molar-refractivity contribution in [3.8, 4) is 0 Å². The average Bonchev–Trinajstić information content (AvgIpc) is 2.03. The van der Waals surface area contributed by atoms with Gasteiger partial charge in [0.25, 0.3) is 0 Å². The summed E-state index contributed by atoms with van der Waals surface area (Å²) in [6.45, 7) is 1.96. The van der Waals surface area contributed by atoms with Crippen molar-refractivity contribution in [1.29, 1.82) is 0 Å². The van der Waals surface area contributed by atoms with E-state index >= 15 is 0 Å². The van der Waals surface area contributed by atoms with Crippen LogP contribution in [0.4, 0.5) is 13.2 Å². The van der Waals surface area contributed by atoms with Crippen LogP contribution in [-0.2, 0) is 0 Å². The van der Waals surface area contributed by atoms with E-state index < -0.39 is 12.6 Å². The van der Waals surface area contributed by atoms with Gasteiger partial charge in [0.15, 0.2) is 0 Å². The van der Waals surface area contributed by atoms with E-state index in [9.17, 15) is 13.2 Å². The van der Waals surface area contributed by atoms with Crippen molar-refractivity contribution in [3.05, 3.63) is 0 Å². The first kappa shape index (κ1) is 12.8. The molecular weight excluding hydrogens is 181 g/mol. The summed E-state index contributed by atoms with van der Waals surface area (Å²) < 4.78 is 35.5. The van der Waals surface area contributed by atoms with Crippen LogP contribution in [0.3, 0.4) is 0 Å². The zero-order valence-corrected chi connectivity index (χ0v) is 7.90. The van der Waals surface area contributed by atoms with Crippen molar-refractivity contribution in [2.24, 2.45) is 5.92 Å². The first-order valence-electron chi connectivity index (χ1n) is 4.67. The molecule has 0 saturated carbocycles. The van der Waals surface area contributed by atoms with Gasteiger partial charge < -0.3 is 5.11 Å². The fraction of sp³-hybridized carbons (Fsp3) is 1.00. The molecule has 0 aliphatic carbocycles. The molecule has 0 aromatic heterocycles. The maximum atomic E-state index is 11.8. The smallest absolute Gasteiger partial charge is 0.389 e. The van der Waals surface area contributed by atoms with Crippen LogP contribution in [0.1, 0.15) is 39.0 Å². The summed E-state index contributed by atoms with van der Waals surface area (Å²) in [4.78, 5) is 0. The van der Waals surface area contributed by atoms with Gasteiger partial charge in [0.2, 0.25) is 0 Å². The number of hydrogen-bond acceptors (Lipinski definition) is 1. The molecular formula is C9H17F3O. The second kappa shape index (κ2) is 6.24. The van der Waals surface area contributed by atoms with Gasteiger partial charge >= 0.3 is 6.18 Å². The molecule has 0 fully saturated rings. The molecule has 13 heavy (non-hydrogen) atoms. The fourth-order valence-electron chi connectivity index (χ4n) is 1.30. The maximum absolute atomic E-state index is 11.8. The Morgan fingerprint density at radius 3 is 2.23 bits per heavy atom. The summed E-state index contributed by atoms with van der Waals surface area (Å²) in [7, 11) is 0. The van der Waals surface area contributed by atoms with Crippen LogP contribution >= 0.6 is 0 Å². The van der Waals surface area contributed by atoms with Gasteiger partial charge in [-0.2, -0.15) is 13.2 Å². The van der Waals surface area contributed by atoms with Crippen molar-refractivity contribution in [3.63, 3.8) is 0 Å². The largest absolute Gasteiger partial charge is 0.396 e. The third-order valence-electron chi connectivity index (χ3n) is 2.18. The predicted octanol–water partition coefficient (Wildman–Crippen LogP) is 3.13. The van der Waals surface area contributed by atoms with Crippen LogP contribution in [0.25, 0.3) is 0 Å². The van der Waals surface area contributed by atoms with Crippen LogP contribution in [0.2, 0.25) is 0 Å². The number of rotatable bonds is 6. The topological polar surface area (TPSA) is 20.2 Å². The van der Waals surface area contributed by atoms with Gasteiger partial charge in [0.1, 0.15) is 0 Å². The number of hydrogen-bond donors (Lipinski definition) is 1. The van der Waals surface area contributed by atoms with Gasteiger partial charge in [0.05, 0.1) is 0 Å². The Hall–Kier alpha value is -0.250. The number of aliphatic hydroxyl groups is 1. The van der Waals surface area contributed by atoms with Crippen LogP contribution in [0.5, 0.6) is 0 Å². The van der Waals surface area contributed by atoms with Crippen molar-refractivity contribution in [2.75, 3.05) is 6.61 Å². The van der Waals surface area contributed by atoms with Gasteiger partial charge in [-0.05, 0) is 25.2 Å². The summed E-state index contributed by atoms with van der Waals surface area (Å²) in [6.07, 6.45) is -2.47. The lowest BCUT2D eigenvalue weighted by atomic mass is 9.95. The molecule has 80 valence electrons. The van der Waals surface area contributed by atoms with E-state index in [0.717, 1.165) is 6.42 Å². The van der Waals surface area contributed by atoms with E-state index in [1.54, 1.807) is 0 Å². The van der Waals surface area contributed by atoms with E-state index in [1.165, 1.54) is 0 Å². The lowest BCUT2D eigenvalue weighted by Crippen LogP contribution is -2.11. The van der Waals surface area contributed by atoms with Crippen LogP contribution in [0, 0.1) is 5.92 Å². The Bertz CT molecular complexity index is 123. The number of aliphatic hydroxyl groups excluding tert-OH is 1. The van der Waals surface area contributed by atoms with E-state index in [-0.39, 0.29) is 18.9 Å². The van der Waals surface area contributed by atoms with Crippen LogP contribution in [0.15, 0.2) is 0 Å². The van der Waals surface area contributed by atoms with E-state index in [4.69, 9.17) is 5.11 Å². The SMILES string of the molecule is CCC(CCCO)CCC(F)(F)F. The minimum atomic E-state index is -4.04. The third kappa shape index (κ3) is 8.09. The van der Waals surface area contributed by atoms with Gasteiger partial charge in [0, 0.05) is 13.0 Å². The molecule has 0 saturated heterocycles. The van der Waals surface area contributed by atoms with Gasteiger partial charge in [-0.3, -0.25) is 0 Å². The second-order valence-electron chi connectivity index (χ2n) is 3.29. The lowest BCUT2D eigenvalue weighted by Gasteiger charge is -2.14. The van der Waals surface area contributed by atoms with Gasteiger partial charge in [-0.15, -0.1) is 0 Å². The first-order chi connectivity index (χ1) is 5.99. The first-order valence-corrected chi connectivity index (χ1v) is 4.67. The second-order valence-corrected chi connectivity index (χ2v) is 3.29. The predicted molar refractivity (Wildman–Crippen MR) is 45.4 cm³/mol. The monoisotopic (exact) mass is 198 g/mol. The van der Waals surface area contributed by atoms with E-state index in [0.29, 0.717) is 12.8 Å². The minimum absolute atomic E-state index is 0.0719. The van der Waals surface area contributed by atoms with E-state index in [2.05, 4.69) is 0 Å². The molecule has 0 aliphatic rings. The molecule has 0 aromatic rings. The number of alkyl halides is 3. The van der Waals surface area contributed by atoms with Crippen molar-refractivity contribution >= 4 is 0 Å². The Balaban J connectivity index is 3.59. The molecule has 0 radical (unpaired) electrons. The highest BCUT2D eigenvalue weighted by molar-refractivity contribution is 4.61. The lowest BCUT2D eigenvalue weighted by molar-refractivity contribution is -0.137. The van der Waals surface area contributed by atoms with Crippen LogP contribution < -0.4 is 0 Å². The highest BCUT2D eigenvalue weighted by atomic mass is 19.4. The Kier molecular flexibility index (Phi) is 6.12. The van der Waals surface area contributed by atoms with Crippen LogP contribution in [-0.4, -0.2) is 17.9 Å². The van der Waals surface area contributed by atoms with Crippen molar-refractivity contribution in [2.45, 2.75) is 45.2 Å². The highest BCUT2D eigenvalue weighted by Gasteiger charge is 2.27. The number of halogens is 3. The molecule has 0 spiro atoms.